The first-order valence-corrected chi connectivity index (χ1v) is 5.69. The number of aliphatic hydroxyl groups is 2. The molecule has 0 radical (unpaired) electrons. The number of nitrogens with two attached hydrogens (primary N) is 1. The van der Waals surface area contributed by atoms with E-state index in [1.807, 2.05) is 0 Å². The van der Waals surface area contributed by atoms with Gasteiger partial charge in [-0.25, -0.2) is 4.98 Å². The number of carbonyl (C=O) groups is 1. The minimum absolute atomic E-state index is 0.137. The zero-order valence-corrected chi connectivity index (χ0v) is 9.18. The number of aliphatic hydroxyl groups excluding tert-OH is 2. The summed E-state index contributed by atoms with van der Waals surface area (Å²) in [7, 11) is 0. The molecule has 2 rings (SSSR count). The molecule has 1 aromatic heterocycles. The quantitative estimate of drug-likeness (QED) is 0.660. The summed E-state index contributed by atoms with van der Waals surface area (Å²) >= 11 is 1.21. The molecule has 88 valence electrons. The molecule has 1 aromatic rings. The van der Waals surface area contributed by atoms with E-state index in [0.29, 0.717) is 11.4 Å². The third-order valence-corrected chi connectivity index (χ3v) is 3.32. The molecule has 1 aliphatic rings. The van der Waals surface area contributed by atoms with E-state index in [9.17, 15) is 9.90 Å². The third-order valence-electron chi connectivity index (χ3n) is 2.41. The van der Waals surface area contributed by atoms with Crippen LogP contribution in [-0.2, 0) is 4.74 Å². The number of amides is 1. The lowest BCUT2D eigenvalue weighted by Crippen LogP contribution is -2.14. The van der Waals surface area contributed by atoms with Gasteiger partial charge < -0.3 is 20.7 Å². The van der Waals surface area contributed by atoms with Crippen LogP contribution >= 0.6 is 11.3 Å². The van der Waals surface area contributed by atoms with Crippen LogP contribution in [0.25, 0.3) is 0 Å². The zero-order valence-electron chi connectivity index (χ0n) is 8.37. The summed E-state index contributed by atoms with van der Waals surface area (Å²) in [6, 6.07) is 0. The molecule has 1 saturated heterocycles. The smallest absolute Gasteiger partial charge is 0.268 e. The summed E-state index contributed by atoms with van der Waals surface area (Å²) in [5, 5.41) is 20.7. The second-order valence-corrected chi connectivity index (χ2v) is 4.49. The number of hydrogen-bond acceptors (Lipinski definition) is 6. The first-order valence-electron chi connectivity index (χ1n) is 4.81. The molecule has 0 bridgehead atoms. The average molecular weight is 244 g/mol. The molecule has 4 N–H and O–H groups in total. The predicted octanol–water partition coefficient (Wildman–Crippen LogP) is -0.575. The van der Waals surface area contributed by atoms with Crippen molar-refractivity contribution >= 4 is 17.2 Å². The van der Waals surface area contributed by atoms with Crippen LogP contribution in [0.1, 0.15) is 28.0 Å². The van der Waals surface area contributed by atoms with Crippen molar-refractivity contribution in [3.63, 3.8) is 0 Å². The molecule has 0 aliphatic carbocycles. The second-order valence-electron chi connectivity index (χ2n) is 3.60. The monoisotopic (exact) mass is 244 g/mol. The van der Waals surface area contributed by atoms with Gasteiger partial charge in [0.05, 0.1) is 18.8 Å². The lowest BCUT2D eigenvalue weighted by Gasteiger charge is -2.10. The molecule has 6 nitrogen and oxygen atoms in total. The van der Waals surface area contributed by atoms with Crippen LogP contribution in [0.5, 0.6) is 0 Å². The second kappa shape index (κ2) is 4.46. The van der Waals surface area contributed by atoms with Gasteiger partial charge in [0.2, 0.25) is 0 Å². The van der Waals surface area contributed by atoms with Crippen molar-refractivity contribution in [2.75, 3.05) is 6.61 Å². The Balaban J connectivity index is 2.15. The Bertz CT molecular complexity index is 395. The van der Waals surface area contributed by atoms with Crippen molar-refractivity contribution in [3.05, 3.63) is 16.1 Å². The number of ether oxygens (including phenoxy) is 1. The number of thiazole rings is 1. The minimum atomic E-state index is -0.705. The van der Waals surface area contributed by atoms with E-state index in [2.05, 4.69) is 4.98 Å². The van der Waals surface area contributed by atoms with Gasteiger partial charge in [0.1, 0.15) is 16.8 Å². The van der Waals surface area contributed by atoms with Crippen LogP contribution in [0.2, 0.25) is 0 Å². The Labute approximate surface area is 95.7 Å². The zero-order chi connectivity index (χ0) is 11.7. The maximum atomic E-state index is 10.9. The van der Waals surface area contributed by atoms with Gasteiger partial charge in [-0.2, -0.15) is 0 Å². The van der Waals surface area contributed by atoms with E-state index in [1.54, 1.807) is 0 Å². The maximum Gasteiger partial charge on any atom is 0.268 e. The van der Waals surface area contributed by atoms with E-state index in [0.717, 1.165) is 0 Å². The highest BCUT2D eigenvalue weighted by Gasteiger charge is 2.36. The number of aromatic nitrogens is 1. The first-order chi connectivity index (χ1) is 7.61. The van der Waals surface area contributed by atoms with Crippen molar-refractivity contribution < 1.29 is 19.7 Å². The number of nitrogens with zero attached hydrogens (tertiary/aromatic N) is 1. The van der Waals surface area contributed by atoms with Crippen LogP contribution in [0.4, 0.5) is 0 Å². The summed E-state index contributed by atoms with van der Waals surface area (Å²) in [4.78, 5) is 14.8. The Kier molecular flexibility index (Phi) is 3.20. The minimum Gasteiger partial charge on any atom is -0.394 e. The SMILES string of the molecule is NC(=O)c1csc([C@@H]2O[C@@H](CO)C[C@@H]2O)n1. The number of carbonyl (C=O) groups excluding carboxylic acids is 1. The third kappa shape index (κ3) is 2.07. The van der Waals surface area contributed by atoms with Gasteiger partial charge in [-0.15, -0.1) is 11.3 Å². The van der Waals surface area contributed by atoms with Crippen molar-refractivity contribution in [2.45, 2.75) is 24.7 Å². The highest BCUT2D eigenvalue weighted by molar-refractivity contribution is 7.09. The van der Waals surface area contributed by atoms with E-state index in [4.69, 9.17) is 15.6 Å². The fraction of sp³-hybridized carbons (Fsp3) is 0.556. The standard InChI is InChI=1S/C9H12N2O4S/c10-8(14)5-3-16-9(11-5)7-6(13)1-4(2-12)15-7/h3-4,6-7,12-13H,1-2H2,(H2,10,14)/t4-,6+,7-/m1/s1. The molecule has 1 fully saturated rings. The van der Waals surface area contributed by atoms with E-state index in [-0.39, 0.29) is 18.4 Å². The molecule has 0 saturated carbocycles. The maximum absolute atomic E-state index is 10.9. The summed E-state index contributed by atoms with van der Waals surface area (Å²) in [5.74, 6) is -0.603. The molecule has 16 heavy (non-hydrogen) atoms. The summed E-state index contributed by atoms with van der Waals surface area (Å²) < 4.78 is 5.40. The van der Waals surface area contributed by atoms with Crippen molar-refractivity contribution in [1.29, 1.82) is 0 Å². The van der Waals surface area contributed by atoms with Crippen LogP contribution in [0, 0.1) is 0 Å². The molecule has 1 aliphatic heterocycles. The normalized spacial score (nSPS) is 29.5. The molecule has 2 heterocycles. The predicted molar refractivity (Wildman–Crippen MR) is 56.0 cm³/mol. The van der Waals surface area contributed by atoms with Crippen LogP contribution < -0.4 is 5.73 Å². The molecular weight excluding hydrogens is 232 g/mol. The van der Waals surface area contributed by atoms with Crippen LogP contribution in [-0.4, -0.2) is 39.9 Å². The van der Waals surface area contributed by atoms with Crippen LogP contribution in [0.3, 0.4) is 0 Å². The number of hydrogen-bond donors (Lipinski definition) is 3. The Morgan fingerprint density at radius 2 is 2.50 bits per heavy atom. The van der Waals surface area contributed by atoms with Crippen LogP contribution in [0.15, 0.2) is 5.38 Å². The Morgan fingerprint density at radius 1 is 1.75 bits per heavy atom. The molecule has 0 unspecified atom stereocenters. The van der Waals surface area contributed by atoms with Crippen molar-refractivity contribution in [1.82, 2.24) is 4.98 Å². The van der Waals surface area contributed by atoms with Gasteiger partial charge in [0.25, 0.3) is 5.91 Å². The van der Waals surface area contributed by atoms with E-state index >= 15 is 0 Å². The fourth-order valence-corrected chi connectivity index (χ4v) is 2.52. The molecule has 0 spiro atoms. The summed E-state index contributed by atoms with van der Waals surface area (Å²) in [6.07, 6.45) is -1.28. The number of primary amides is 1. The molecular formula is C9H12N2O4S. The van der Waals surface area contributed by atoms with Crippen molar-refractivity contribution in [3.8, 4) is 0 Å². The van der Waals surface area contributed by atoms with Crippen molar-refractivity contribution in [2.24, 2.45) is 5.73 Å². The van der Waals surface area contributed by atoms with E-state index in [1.165, 1.54) is 16.7 Å². The largest absolute Gasteiger partial charge is 0.394 e. The topological polar surface area (TPSA) is 106 Å². The molecule has 1 amide bonds. The van der Waals surface area contributed by atoms with Gasteiger partial charge in [0.15, 0.2) is 0 Å². The first kappa shape index (κ1) is 11.5. The fourth-order valence-electron chi connectivity index (χ4n) is 1.62. The van der Waals surface area contributed by atoms with Gasteiger partial charge in [0, 0.05) is 11.8 Å². The van der Waals surface area contributed by atoms with Gasteiger partial charge in [-0.1, -0.05) is 0 Å². The van der Waals surface area contributed by atoms with Gasteiger partial charge in [-0.05, 0) is 0 Å². The average Bonchev–Trinajstić information content (AvgIpc) is 2.83. The van der Waals surface area contributed by atoms with Gasteiger partial charge in [-0.3, -0.25) is 4.79 Å². The Morgan fingerprint density at radius 3 is 3.00 bits per heavy atom. The highest BCUT2D eigenvalue weighted by atomic mass is 32.1. The Hall–Kier alpha value is -1.02. The summed E-state index contributed by atoms with van der Waals surface area (Å²) in [6.45, 7) is -0.137. The van der Waals surface area contributed by atoms with E-state index < -0.39 is 18.1 Å². The lowest BCUT2D eigenvalue weighted by molar-refractivity contribution is -0.0109. The summed E-state index contributed by atoms with van der Waals surface area (Å²) in [5.41, 5.74) is 5.25. The molecule has 3 atom stereocenters. The lowest BCUT2D eigenvalue weighted by atomic mass is 10.1. The number of rotatable bonds is 3. The molecule has 0 aromatic carbocycles. The molecule has 7 heteroatoms. The highest BCUT2D eigenvalue weighted by Crippen LogP contribution is 2.34. The van der Waals surface area contributed by atoms with Gasteiger partial charge >= 0.3 is 0 Å².